The summed E-state index contributed by atoms with van der Waals surface area (Å²) < 4.78 is 5.40. The fourth-order valence-corrected chi connectivity index (χ4v) is 1.71. The van der Waals surface area contributed by atoms with Gasteiger partial charge in [0.25, 0.3) is 0 Å². The van der Waals surface area contributed by atoms with Crippen molar-refractivity contribution in [3.63, 3.8) is 0 Å². The topological polar surface area (TPSA) is 84.6 Å². The van der Waals surface area contributed by atoms with E-state index in [9.17, 15) is 4.79 Å². The van der Waals surface area contributed by atoms with Crippen molar-refractivity contribution in [2.45, 2.75) is 12.5 Å². The van der Waals surface area contributed by atoms with E-state index in [1.807, 2.05) is 0 Å². The zero-order valence-corrected chi connectivity index (χ0v) is 8.06. The number of hydrogen-bond donors (Lipinski definition) is 3. The van der Waals surface area contributed by atoms with E-state index in [2.05, 4.69) is 5.32 Å². The van der Waals surface area contributed by atoms with Crippen LogP contribution in [-0.2, 0) is 0 Å². The van der Waals surface area contributed by atoms with Crippen LogP contribution in [0.25, 0.3) is 0 Å². The van der Waals surface area contributed by atoms with Gasteiger partial charge in [-0.05, 0) is 18.2 Å². The number of nitrogens with one attached hydrogen (secondary N) is 1. The van der Waals surface area contributed by atoms with Crippen LogP contribution in [0.5, 0.6) is 5.75 Å². The maximum absolute atomic E-state index is 10.6. The van der Waals surface area contributed by atoms with E-state index in [-0.39, 0.29) is 6.04 Å². The molecule has 1 heterocycles. The van der Waals surface area contributed by atoms with Gasteiger partial charge < -0.3 is 20.9 Å². The molecule has 0 aliphatic carbocycles. The molecule has 15 heavy (non-hydrogen) atoms. The van der Waals surface area contributed by atoms with Crippen molar-refractivity contribution < 1.29 is 14.6 Å². The molecular formula is C10H12N2O3. The summed E-state index contributed by atoms with van der Waals surface area (Å²) in [7, 11) is 0. The Kier molecular flexibility index (Phi) is 2.37. The molecule has 1 atom stereocenters. The quantitative estimate of drug-likeness (QED) is 0.608. The molecule has 0 aromatic heterocycles. The summed E-state index contributed by atoms with van der Waals surface area (Å²) in [5.41, 5.74) is 7.06. The second-order valence-corrected chi connectivity index (χ2v) is 3.44. The van der Waals surface area contributed by atoms with Gasteiger partial charge in [0.1, 0.15) is 5.75 Å². The van der Waals surface area contributed by atoms with Crippen LogP contribution in [-0.4, -0.2) is 17.8 Å². The van der Waals surface area contributed by atoms with Crippen LogP contribution >= 0.6 is 0 Å². The average Bonchev–Trinajstić information content (AvgIpc) is 2.18. The zero-order chi connectivity index (χ0) is 10.8. The summed E-state index contributed by atoms with van der Waals surface area (Å²) in [5.74, 6) is 0.703. The van der Waals surface area contributed by atoms with Crippen molar-refractivity contribution in [2.24, 2.45) is 0 Å². The monoisotopic (exact) mass is 208 g/mol. The van der Waals surface area contributed by atoms with Crippen molar-refractivity contribution in [1.82, 2.24) is 5.32 Å². The highest BCUT2D eigenvalue weighted by molar-refractivity contribution is 5.66. The third-order valence-electron chi connectivity index (χ3n) is 2.37. The molecule has 1 aliphatic heterocycles. The van der Waals surface area contributed by atoms with E-state index in [4.69, 9.17) is 15.6 Å². The highest BCUT2D eigenvalue weighted by Gasteiger charge is 2.22. The van der Waals surface area contributed by atoms with Crippen LogP contribution < -0.4 is 15.8 Å². The number of anilines is 1. The number of hydrogen-bond acceptors (Lipinski definition) is 3. The first-order valence-corrected chi connectivity index (χ1v) is 4.68. The molecule has 0 saturated carbocycles. The van der Waals surface area contributed by atoms with Gasteiger partial charge in [0.05, 0.1) is 12.6 Å². The Labute approximate surface area is 86.8 Å². The normalized spacial score (nSPS) is 18.8. The van der Waals surface area contributed by atoms with E-state index < -0.39 is 6.09 Å². The van der Waals surface area contributed by atoms with E-state index in [1.54, 1.807) is 18.2 Å². The standard InChI is InChI=1S/C10H12N2O3/c11-6-1-2-9-7(5-6)8(3-4-15-9)12-10(13)14/h1-2,5,8,12H,3-4,11H2,(H,13,14). The summed E-state index contributed by atoms with van der Waals surface area (Å²) in [6, 6.07) is 5.02. The van der Waals surface area contributed by atoms with Gasteiger partial charge in [-0.15, -0.1) is 0 Å². The van der Waals surface area contributed by atoms with Crippen molar-refractivity contribution in [3.05, 3.63) is 23.8 Å². The molecule has 1 aromatic rings. The Bertz CT molecular complexity index is 392. The lowest BCUT2D eigenvalue weighted by Gasteiger charge is -2.25. The smallest absolute Gasteiger partial charge is 0.405 e. The van der Waals surface area contributed by atoms with Crippen molar-refractivity contribution >= 4 is 11.8 Å². The minimum atomic E-state index is -1.03. The lowest BCUT2D eigenvalue weighted by Crippen LogP contribution is -2.30. The highest BCUT2D eigenvalue weighted by Crippen LogP contribution is 2.33. The largest absolute Gasteiger partial charge is 0.493 e. The summed E-state index contributed by atoms with van der Waals surface area (Å²) in [5, 5.41) is 11.1. The molecule has 0 radical (unpaired) electrons. The molecule has 0 spiro atoms. The SMILES string of the molecule is Nc1ccc2c(c1)C(NC(=O)O)CCO2. The van der Waals surface area contributed by atoms with E-state index in [0.717, 1.165) is 5.56 Å². The fourth-order valence-electron chi connectivity index (χ4n) is 1.71. The Morgan fingerprint density at radius 1 is 1.60 bits per heavy atom. The number of nitrogen functional groups attached to an aromatic ring is 1. The third kappa shape index (κ3) is 1.96. The molecule has 0 bridgehead atoms. The van der Waals surface area contributed by atoms with Crippen LogP contribution in [0.4, 0.5) is 10.5 Å². The van der Waals surface area contributed by atoms with Gasteiger partial charge in [-0.2, -0.15) is 0 Å². The number of carboxylic acid groups (broad SMARTS) is 1. The first kappa shape index (κ1) is 9.64. The molecular weight excluding hydrogens is 196 g/mol. The maximum Gasteiger partial charge on any atom is 0.405 e. The average molecular weight is 208 g/mol. The van der Waals surface area contributed by atoms with Crippen LogP contribution in [0.2, 0.25) is 0 Å². The molecule has 1 aliphatic rings. The van der Waals surface area contributed by atoms with Crippen molar-refractivity contribution in [3.8, 4) is 5.75 Å². The number of fused-ring (bicyclic) bond motifs is 1. The predicted molar refractivity (Wildman–Crippen MR) is 54.9 cm³/mol. The van der Waals surface area contributed by atoms with Crippen LogP contribution in [0.15, 0.2) is 18.2 Å². The molecule has 2 rings (SSSR count). The van der Waals surface area contributed by atoms with Crippen LogP contribution in [0.1, 0.15) is 18.0 Å². The predicted octanol–water partition coefficient (Wildman–Crippen LogP) is 1.36. The second-order valence-electron chi connectivity index (χ2n) is 3.44. The van der Waals surface area contributed by atoms with Gasteiger partial charge >= 0.3 is 6.09 Å². The van der Waals surface area contributed by atoms with E-state index in [0.29, 0.717) is 24.5 Å². The number of benzene rings is 1. The second kappa shape index (κ2) is 3.68. The Hall–Kier alpha value is -1.91. The number of carbonyl (C=O) groups is 1. The molecule has 0 fully saturated rings. The number of amides is 1. The Morgan fingerprint density at radius 3 is 3.13 bits per heavy atom. The van der Waals surface area contributed by atoms with Gasteiger partial charge in [-0.25, -0.2) is 4.79 Å². The van der Waals surface area contributed by atoms with Crippen molar-refractivity contribution in [1.29, 1.82) is 0 Å². The molecule has 1 amide bonds. The fraction of sp³-hybridized carbons (Fsp3) is 0.300. The zero-order valence-electron chi connectivity index (χ0n) is 8.06. The van der Waals surface area contributed by atoms with Gasteiger partial charge in [0, 0.05) is 17.7 Å². The molecule has 80 valence electrons. The molecule has 1 unspecified atom stereocenters. The molecule has 5 heteroatoms. The van der Waals surface area contributed by atoms with E-state index in [1.165, 1.54) is 0 Å². The van der Waals surface area contributed by atoms with Gasteiger partial charge in [-0.1, -0.05) is 0 Å². The van der Waals surface area contributed by atoms with Crippen molar-refractivity contribution in [2.75, 3.05) is 12.3 Å². The Morgan fingerprint density at radius 2 is 2.40 bits per heavy atom. The van der Waals surface area contributed by atoms with Gasteiger partial charge in [0.15, 0.2) is 0 Å². The maximum atomic E-state index is 10.6. The minimum absolute atomic E-state index is 0.227. The Balaban J connectivity index is 2.32. The van der Waals surface area contributed by atoms with Gasteiger partial charge in [0.2, 0.25) is 0 Å². The summed E-state index contributed by atoms with van der Waals surface area (Å²) >= 11 is 0. The highest BCUT2D eigenvalue weighted by atomic mass is 16.5. The summed E-state index contributed by atoms with van der Waals surface area (Å²) in [6.45, 7) is 0.516. The number of ether oxygens (including phenoxy) is 1. The molecule has 1 aromatic carbocycles. The first-order chi connectivity index (χ1) is 7.16. The third-order valence-corrected chi connectivity index (χ3v) is 2.37. The van der Waals surface area contributed by atoms with Crippen LogP contribution in [0, 0.1) is 0 Å². The first-order valence-electron chi connectivity index (χ1n) is 4.68. The molecule has 0 saturated heterocycles. The number of nitrogens with two attached hydrogens (primary N) is 1. The van der Waals surface area contributed by atoms with E-state index >= 15 is 0 Å². The minimum Gasteiger partial charge on any atom is -0.493 e. The number of rotatable bonds is 1. The molecule has 4 N–H and O–H groups in total. The van der Waals surface area contributed by atoms with Crippen LogP contribution in [0.3, 0.4) is 0 Å². The summed E-state index contributed by atoms with van der Waals surface area (Å²) in [6.07, 6.45) is -0.404. The lowest BCUT2D eigenvalue weighted by molar-refractivity contribution is 0.182. The lowest BCUT2D eigenvalue weighted by atomic mass is 10.0. The molecule has 5 nitrogen and oxygen atoms in total. The summed E-state index contributed by atoms with van der Waals surface area (Å²) in [4.78, 5) is 10.6. The van der Waals surface area contributed by atoms with Gasteiger partial charge in [-0.3, -0.25) is 0 Å².